The maximum atomic E-state index is 12.6. The topological polar surface area (TPSA) is 77.9 Å². The van der Waals surface area contributed by atoms with Crippen LogP contribution in [0.1, 0.15) is 12.0 Å². The molecule has 1 saturated heterocycles. The molecule has 0 atom stereocenters. The highest BCUT2D eigenvalue weighted by molar-refractivity contribution is 7.89. The van der Waals surface area contributed by atoms with Crippen molar-refractivity contribution in [2.24, 2.45) is 0 Å². The fourth-order valence-electron chi connectivity index (χ4n) is 2.37. The molecular weight excluding hydrogens is 292 g/mol. The molecule has 0 aliphatic carbocycles. The van der Waals surface area contributed by atoms with Gasteiger partial charge in [-0.25, -0.2) is 8.42 Å². The third kappa shape index (κ3) is 4.03. The number of benzene rings is 1. The molecule has 2 rings (SSSR count). The van der Waals surface area contributed by atoms with Crippen molar-refractivity contribution in [3.8, 4) is 0 Å². The maximum Gasteiger partial charge on any atom is 0.307 e. The molecule has 6 nitrogen and oxygen atoms in total. The Kier molecular flexibility index (Phi) is 4.97. The first-order valence-electron chi connectivity index (χ1n) is 6.89. The van der Waals surface area contributed by atoms with Crippen LogP contribution in [0.25, 0.3) is 0 Å². The summed E-state index contributed by atoms with van der Waals surface area (Å²) >= 11 is 0. The summed E-state index contributed by atoms with van der Waals surface area (Å²) in [6, 6.07) is 6.10. The van der Waals surface area contributed by atoms with Gasteiger partial charge in [0.1, 0.15) is 0 Å². The molecule has 1 aromatic rings. The molecule has 0 spiro atoms. The second-order valence-corrected chi connectivity index (χ2v) is 7.21. The number of sulfonamides is 1. The Hall–Kier alpha value is -1.44. The third-order valence-electron chi connectivity index (χ3n) is 3.59. The number of carboxylic acids is 1. The first-order chi connectivity index (χ1) is 9.89. The van der Waals surface area contributed by atoms with E-state index < -0.39 is 16.0 Å². The van der Waals surface area contributed by atoms with Crippen molar-refractivity contribution >= 4 is 16.0 Å². The highest BCUT2D eigenvalue weighted by atomic mass is 32.2. The number of likely N-dealkylation sites (N-methyl/N-ethyl adjacent to an activating group) is 1. The minimum absolute atomic E-state index is 0.102. The van der Waals surface area contributed by atoms with Crippen molar-refractivity contribution in [3.63, 3.8) is 0 Å². The van der Waals surface area contributed by atoms with Crippen LogP contribution in [-0.4, -0.2) is 61.9 Å². The van der Waals surface area contributed by atoms with Gasteiger partial charge in [-0.15, -0.1) is 0 Å². The molecule has 1 N–H and O–H groups in total. The summed E-state index contributed by atoms with van der Waals surface area (Å²) in [5, 5.41) is 8.72. The lowest BCUT2D eigenvalue weighted by molar-refractivity contribution is -0.136. The number of rotatable bonds is 4. The lowest BCUT2D eigenvalue weighted by Gasteiger charge is -2.20. The lowest BCUT2D eigenvalue weighted by atomic mass is 10.2. The van der Waals surface area contributed by atoms with Gasteiger partial charge in [-0.2, -0.15) is 4.31 Å². The summed E-state index contributed by atoms with van der Waals surface area (Å²) in [5.74, 6) is -0.929. The molecule has 1 heterocycles. The molecule has 1 aliphatic heterocycles. The molecule has 0 amide bonds. The molecule has 1 aromatic carbocycles. The molecule has 1 aliphatic rings. The van der Waals surface area contributed by atoms with E-state index in [0.717, 1.165) is 19.5 Å². The van der Waals surface area contributed by atoms with Crippen LogP contribution >= 0.6 is 0 Å². The van der Waals surface area contributed by atoms with E-state index in [9.17, 15) is 13.2 Å². The monoisotopic (exact) mass is 312 g/mol. The summed E-state index contributed by atoms with van der Waals surface area (Å²) in [6.07, 6.45) is 0.710. The van der Waals surface area contributed by atoms with E-state index in [1.807, 2.05) is 7.05 Å². The zero-order valence-electron chi connectivity index (χ0n) is 12.0. The van der Waals surface area contributed by atoms with E-state index in [-0.39, 0.29) is 11.3 Å². The van der Waals surface area contributed by atoms with Gasteiger partial charge in [0.05, 0.1) is 11.3 Å². The van der Waals surface area contributed by atoms with Crippen LogP contribution in [0, 0.1) is 0 Å². The zero-order valence-corrected chi connectivity index (χ0v) is 12.8. The van der Waals surface area contributed by atoms with E-state index in [2.05, 4.69) is 4.90 Å². The quantitative estimate of drug-likeness (QED) is 0.883. The Balaban J connectivity index is 2.16. The number of nitrogens with zero attached hydrogens (tertiary/aromatic N) is 2. The smallest absolute Gasteiger partial charge is 0.307 e. The van der Waals surface area contributed by atoms with Crippen molar-refractivity contribution in [1.82, 2.24) is 9.21 Å². The summed E-state index contributed by atoms with van der Waals surface area (Å²) in [6.45, 7) is 2.61. The molecule has 116 valence electrons. The molecule has 0 radical (unpaired) electrons. The Morgan fingerprint density at radius 2 is 1.81 bits per heavy atom. The van der Waals surface area contributed by atoms with E-state index in [4.69, 9.17) is 5.11 Å². The fourth-order valence-corrected chi connectivity index (χ4v) is 3.84. The van der Waals surface area contributed by atoms with Gasteiger partial charge < -0.3 is 10.0 Å². The van der Waals surface area contributed by atoms with Crippen molar-refractivity contribution in [2.75, 3.05) is 33.2 Å². The van der Waals surface area contributed by atoms with E-state index in [1.54, 1.807) is 12.1 Å². The Morgan fingerprint density at radius 3 is 2.43 bits per heavy atom. The standard InChI is InChI=1S/C14H20N2O4S/c1-15-7-2-8-16(10-9-15)21(19,20)13-5-3-12(4-6-13)11-14(17)18/h3-6H,2,7-11H2,1H3,(H,17,18). The van der Waals surface area contributed by atoms with Gasteiger partial charge in [0.15, 0.2) is 0 Å². The number of carbonyl (C=O) groups is 1. The van der Waals surface area contributed by atoms with Crippen LogP contribution < -0.4 is 0 Å². The molecule has 21 heavy (non-hydrogen) atoms. The fraction of sp³-hybridized carbons (Fsp3) is 0.500. The van der Waals surface area contributed by atoms with Gasteiger partial charge in [0, 0.05) is 19.6 Å². The van der Waals surface area contributed by atoms with Crippen LogP contribution in [0.4, 0.5) is 0 Å². The second-order valence-electron chi connectivity index (χ2n) is 5.28. The molecule has 0 aromatic heterocycles. The molecule has 0 saturated carbocycles. The maximum absolute atomic E-state index is 12.6. The van der Waals surface area contributed by atoms with Crippen LogP contribution in [0.2, 0.25) is 0 Å². The van der Waals surface area contributed by atoms with Crippen LogP contribution in [0.3, 0.4) is 0 Å². The number of hydrogen-bond donors (Lipinski definition) is 1. The molecule has 0 unspecified atom stereocenters. The van der Waals surface area contributed by atoms with Crippen molar-refractivity contribution < 1.29 is 18.3 Å². The molecule has 0 bridgehead atoms. The van der Waals surface area contributed by atoms with Gasteiger partial charge in [0.25, 0.3) is 0 Å². The van der Waals surface area contributed by atoms with Gasteiger partial charge in [-0.1, -0.05) is 12.1 Å². The third-order valence-corrected chi connectivity index (χ3v) is 5.51. The lowest BCUT2D eigenvalue weighted by Crippen LogP contribution is -2.34. The van der Waals surface area contributed by atoms with E-state index >= 15 is 0 Å². The van der Waals surface area contributed by atoms with Crippen LogP contribution in [0.15, 0.2) is 29.2 Å². The predicted octanol–water partition coefficient (Wildman–Crippen LogP) is 0.640. The molecule has 7 heteroatoms. The van der Waals surface area contributed by atoms with Gasteiger partial charge in [-0.05, 0) is 37.7 Å². The zero-order chi connectivity index (χ0) is 15.5. The number of carboxylic acid groups (broad SMARTS) is 1. The van der Waals surface area contributed by atoms with Crippen LogP contribution in [-0.2, 0) is 21.2 Å². The Morgan fingerprint density at radius 1 is 1.14 bits per heavy atom. The van der Waals surface area contributed by atoms with Crippen molar-refractivity contribution in [2.45, 2.75) is 17.7 Å². The van der Waals surface area contributed by atoms with Crippen molar-refractivity contribution in [3.05, 3.63) is 29.8 Å². The van der Waals surface area contributed by atoms with E-state index in [0.29, 0.717) is 18.7 Å². The minimum atomic E-state index is -3.49. The number of hydrogen-bond acceptors (Lipinski definition) is 4. The summed E-state index contributed by atoms with van der Waals surface area (Å²) in [4.78, 5) is 13.0. The van der Waals surface area contributed by atoms with Gasteiger partial charge in [-0.3, -0.25) is 4.79 Å². The molecule has 1 fully saturated rings. The normalized spacial score (nSPS) is 18.3. The highest BCUT2D eigenvalue weighted by Crippen LogP contribution is 2.18. The van der Waals surface area contributed by atoms with Gasteiger partial charge >= 0.3 is 5.97 Å². The van der Waals surface area contributed by atoms with E-state index in [1.165, 1.54) is 16.4 Å². The van der Waals surface area contributed by atoms with Crippen molar-refractivity contribution in [1.29, 1.82) is 0 Å². The predicted molar refractivity (Wildman–Crippen MR) is 78.7 cm³/mol. The average molecular weight is 312 g/mol. The highest BCUT2D eigenvalue weighted by Gasteiger charge is 2.25. The summed E-state index contributed by atoms with van der Waals surface area (Å²) < 4.78 is 26.6. The van der Waals surface area contributed by atoms with Crippen LogP contribution in [0.5, 0.6) is 0 Å². The first kappa shape index (κ1) is 15.9. The first-order valence-corrected chi connectivity index (χ1v) is 8.33. The SMILES string of the molecule is CN1CCCN(S(=O)(=O)c2ccc(CC(=O)O)cc2)CC1. The average Bonchev–Trinajstić information content (AvgIpc) is 2.64. The molecular formula is C14H20N2O4S. The second kappa shape index (κ2) is 6.55. The number of aliphatic carboxylic acids is 1. The largest absolute Gasteiger partial charge is 0.481 e. The Labute approximate surface area is 125 Å². The van der Waals surface area contributed by atoms with Gasteiger partial charge in [0.2, 0.25) is 10.0 Å². The Bertz CT molecular complexity index is 598. The summed E-state index contributed by atoms with van der Waals surface area (Å²) in [5.41, 5.74) is 0.594. The summed E-state index contributed by atoms with van der Waals surface area (Å²) in [7, 11) is -1.51. The minimum Gasteiger partial charge on any atom is -0.481 e.